The number of carbonyl (C=O) groups excluding carboxylic acids is 3. The Hall–Kier alpha value is -2.43. The summed E-state index contributed by atoms with van der Waals surface area (Å²) in [6.45, 7) is 9.04. The highest BCUT2D eigenvalue weighted by molar-refractivity contribution is 5.78. The van der Waals surface area contributed by atoms with Crippen LogP contribution < -0.4 is 0 Å². The van der Waals surface area contributed by atoms with Crippen LogP contribution in [0.4, 0.5) is 0 Å². The molecular formula is C22H28O5. The first-order valence-electron chi connectivity index (χ1n) is 9.34. The highest BCUT2D eigenvalue weighted by atomic mass is 16.7. The molecule has 0 aromatic rings. The Labute approximate surface area is 160 Å². The first-order chi connectivity index (χ1) is 12.8. The number of cyclic esters (lactones) is 1. The Morgan fingerprint density at radius 3 is 2.74 bits per heavy atom. The molecule has 0 amide bonds. The minimum absolute atomic E-state index is 0.150. The van der Waals surface area contributed by atoms with Crippen molar-refractivity contribution in [1.29, 1.82) is 0 Å². The fourth-order valence-corrected chi connectivity index (χ4v) is 3.79. The Balaban J connectivity index is 2.43. The third-order valence-electron chi connectivity index (χ3n) is 5.09. The Morgan fingerprint density at radius 1 is 1.37 bits per heavy atom. The molecule has 5 heteroatoms. The van der Waals surface area contributed by atoms with Crippen molar-refractivity contribution >= 4 is 18.2 Å². The summed E-state index contributed by atoms with van der Waals surface area (Å²) in [6, 6.07) is 0. The molecule has 1 heterocycles. The first-order valence-corrected chi connectivity index (χ1v) is 9.34. The van der Waals surface area contributed by atoms with E-state index in [1.165, 1.54) is 12.5 Å². The van der Waals surface area contributed by atoms with Crippen LogP contribution in [0.1, 0.15) is 46.5 Å². The van der Waals surface area contributed by atoms with Crippen LogP contribution in [0.25, 0.3) is 0 Å². The van der Waals surface area contributed by atoms with Crippen LogP contribution in [0.15, 0.2) is 47.6 Å². The highest BCUT2D eigenvalue weighted by Crippen LogP contribution is 2.42. The average molecular weight is 372 g/mol. The summed E-state index contributed by atoms with van der Waals surface area (Å²) in [5.41, 5.74) is 2.64. The summed E-state index contributed by atoms with van der Waals surface area (Å²) in [5.74, 6) is -1.92. The molecule has 146 valence electrons. The molecule has 5 nitrogen and oxygen atoms in total. The van der Waals surface area contributed by atoms with E-state index in [4.69, 9.17) is 9.47 Å². The third-order valence-corrected chi connectivity index (χ3v) is 5.09. The van der Waals surface area contributed by atoms with Crippen LogP contribution in [-0.2, 0) is 23.9 Å². The summed E-state index contributed by atoms with van der Waals surface area (Å²) in [6.07, 6.45) is 10.1. The Kier molecular flexibility index (Phi) is 7.34. The van der Waals surface area contributed by atoms with Crippen molar-refractivity contribution in [3.63, 3.8) is 0 Å². The van der Waals surface area contributed by atoms with Gasteiger partial charge in [0.15, 0.2) is 0 Å². The largest absolute Gasteiger partial charge is 0.425 e. The predicted molar refractivity (Wildman–Crippen MR) is 102 cm³/mol. The van der Waals surface area contributed by atoms with Gasteiger partial charge in [0.25, 0.3) is 6.29 Å². The maximum atomic E-state index is 12.7. The molecule has 4 atom stereocenters. The number of hydrogen-bond donors (Lipinski definition) is 0. The minimum Gasteiger partial charge on any atom is -0.425 e. The topological polar surface area (TPSA) is 69.7 Å². The number of allylic oxidation sites excluding steroid dienone is 6. The summed E-state index contributed by atoms with van der Waals surface area (Å²) < 4.78 is 10.8. The second-order valence-electron chi connectivity index (χ2n) is 7.34. The molecule has 1 aliphatic carbocycles. The number of carbonyl (C=O) groups is 3. The van der Waals surface area contributed by atoms with Crippen LogP contribution in [0.2, 0.25) is 0 Å². The zero-order chi connectivity index (χ0) is 20.0. The lowest BCUT2D eigenvalue weighted by molar-refractivity contribution is -0.216. The quantitative estimate of drug-likeness (QED) is 0.315. The zero-order valence-electron chi connectivity index (χ0n) is 16.3. The second kappa shape index (κ2) is 9.49. The average Bonchev–Trinajstić information content (AvgIpc) is 2.66. The number of hydrogen-bond acceptors (Lipinski definition) is 5. The molecule has 0 aromatic carbocycles. The third kappa shape index (κ3) is 5.52. The van der Waals surface area contributed by atoms with Crippen LogP contribution in [0.3, 0.4) is 0 Å². The molecular weight excluding hydrogens is 344 g/mol. The zero-order valence-corrected chi connectivity index (χ0v) is 16.3. The smallest absolute Gasteiger partial charge is 0.312 e. The van der Waals surface area contributed by atoms with E-state index in [9.17, 15) is 14.4 Å². The number of esters is 2. The molecule has 1 saturated heterocycles. The molecule has 0 spiro atoms. The molecule has 0 unspecified atom stereocenters. The van der Waals surface area contributed by atoms with E-state index in [2.05, 4.69) is 19.6 Å². The monoisotopic (exact) mass is 372 g/mol. The van der Waals surface area contributed by atoms with Gasteiger partial charge >= 0.3 is 11.9 Å². The van der Waals surface area contributed by atoms with Gasteiger partial charge in [0, 0.05) is 6.92 Å². The van der Waals surface area contributed by atoms with E-state index in [1.807, 2.05) is 25.2 Å². The van der Waals surface area contributed by atoms with E-state index in [-0.39, 0.29) is 11.9 Å². The fraction of sp³-hybridized carbons (Fsp3) is 0.500. The molecule has 0 radical (unpaired) electrons. The number of fused-ring (bicyclic) bond motifs is 1. The predicted octanol–water partition coefficient (Wildman–Crippen LogP) is 4.06. The number of aldehydes is 1. The van der Waals surface area contributed by atoms with E-state index < -0.39 is 24.1 Å². The van der Waals surface area contributed by atoms with Gasteiger partial charge in [-0.1, -0.05) is 42.0 Å². The Morgan fingerprint density at radius 2 is 2.11 bits per heavy atom. The molecule has 1 aliphatic heterocycles. The second-order valence-corrected chi connectivity index (χ2v) is 7.34. The summed E-state index contributed by atoms with van der Waals surface area (Å²) in [7, 11) is 0. The van der Waals surface area contributed by atoms with Crippen molar-refractivity contribution in [3.05, 3.63) is 47.6 Å². The van der Waals surface area contributed by atoms with Crippen molar-refractivity contribution in [2.75, 3.05) is 0 Å². The number of ether oxygens (including phenoxy) is 2. The lowest BCUT2D eigenvalue weighted by atomic mass is 9.71. The van der Waals surface area contributed by atoms with Crippen molar-refractivity contribution in [1.82, 2.24) is 0 Å². The summed E-state index contributed by atoms with van der Waals surface area (Å²) in [4.78, 5) is 36.0. The summed E-state index contributed by atoms with van der Waals surface area (Å²) in [5, 5.41) is 0. The van der Waals surface area contributed by atoms with Gasteiger partial charge < -0.3 is 9.47 Å². The Bertz CT molecular complexity index is 697. The van der Waals surface area contributed by atoms with Gasteiger partial charge in [0.2, 0.25) is 0 Å². The molecule has 2 aliphatic rings. The van der Waals surface area contributed by atoms with Crippen LogP contribution in [0, 0.1) is 17.8 Å². The lowest BCUT2D eigenvalue weighted by Gasteiger charge is -2.41. The van der Waals surface area contributed by atoms with Crippen molar-refractivity contribution in [2.24, 2.45) is 17.8 Å². The fourth-order valence-electron chi connectivity index (χ4n) is 3.79. The van der Waals surface area contributed by atoms with Gasteiger partial charge in [0.05, 0.1) is 11.8 Å². The van der Waals surface area contributed by atoms with E-state index in [0.717, 1.165) is 24.7 Å². The van der Waals surface area contributed by atoms with Crippen molar-refractivity contribution in [3.8, 4) is 0 Å². The van der Waals surface area contributed by atoms with Gasteiger partial charge in [0.1, 0.15) is 6.29 Å². The lowest BCUT2D eigenvalue weighted by Crippen LogP contribution is -2.48. The maximum absolute atomic E-state index is 12.7. The first kappa shape index (κ1) is 20.9. The van der Waals surface area contributed by atoms with Gasteiger partial charge in [-0.25, -0.2) is 0 Å². The molecule has 0 aromatic heterocycles. The number of rotatable bonds is 5. The summed E-state index contributed by atoms with van der Waals surface area (Å²) >= 11 is 0. The van der Waals surface area contributed by atoms with E-state index >= 15 is 0 Å². The van der Waals surface area contributed by atoms with Gasteiger partial charge in [-0.2, -0.15) is 0 Å². The molecule has 0 N–H and O–H groups in total. The maximum Gasteiger partial charge on any atom is 0.312 e. The van der Waals surface area contributed by atoms with Crippen LogP contribution >= 0.6 is 0 Å². The van der Waals surface area contributed by atoms with Crippen molar-refractivity contribution in [2.45, 2.75) is 52.7 Å². The highest BCUT2D eigenvalue weighted by Gasteiger charge is 2.48. The normalized spacial score (nSPS) is 32.5. The SMILES string of the molecule is C=C(C)/C=C/C[C@@H]1C(=O)O[C@H](OC(C)=O)[C@H]2/C(C=O)=C\C/C=C(\C)CC[C@@H]21. The van der Waals surface area contributed by atoms with Gasteiger partial charge in [-0.05, 0) is 51.0 Å². The molecule has 1 fully saturated rings. The molecule has 2 rings (SSSR count). The molecule has 0 saturated carbocycles. The van der Waals surface area contributed by atoms with Gasteiger partial charge in [-0.15, -0.1) is 0 Å². The van der Waals surface area contributed by atoms with Crippen LogP contribution in [0.5, 0.6) is 0 Å². The van der Waals surface area contributed by atoms with Crippen molar-refractivity contribution < 1.29 is 23.9 Å². The van der Waals surface area contributed by atoms with Gasteiger partial charge in [-0.3, -0.25) is 14.4 Å². The van der Waals surface area contributed by atoms with E-state index in [0.29, 0.717) is 18.4 Å². The standard InChI is InChI=1S/C22H28O5/c1-14(2)7-5-10-19-18-12-11-15(3)8-6-9-17(13-23)20(18)22(26-16(4)24)27-21(19)25/h5,7-9,13,18-20,22H,1,6,10-12H2,2-4H3/b7-5+,15-8+,17-9-/t18-,19+,20+,22+/m1/s1. The van der Waals surface area contributed by atoms with Crippen LogP contribution in [-0.4, -0.2) is 24.5 Å². The molecule has 0 bridgehead atoms. The molecule has 27 heavy (non-hydrogen) atoms. The minimum atomic E-state index is -1.06. The van der Waals surface area contributed by atoms with E-state index in [1.54, 1.807) is 0 Å².